The van der Waals surface area contributed by atoms with Gasteiger partial charge in [-0.05, 0) is 49.7 Å². The highest BCUT2D eigenvalue weighted by atomic mass is 32.1. The van der Waals surface area contributed by atoms with Crippen molar-refractivity contribution in [2.24, 2.45) is 5.92 Å². The first-order valence-electron chi connectivity index (χ1n) is 8.16. The molecule has 0 spiro atoms. The van der Waals surface area contributed by atoms with Gasteiger partial charge in [-0.3, -0.25) is 4.90 Å². The normalized spacial score (nSPS) is 14.2. The summed E-state index contributed by atoms with van der Waals surface area (Å²) in [5.41, 5.74) is 0.779. The highest BCUT2D eigenvalue weighted by molar-refractivity contribution is 7.71. The second kappa shape index (κ2) is 7.36. The highest BCUT2D eigenvalue weighted by Gasteiger charge is 2.24. The van der Waals surface area contributed by atoms with Crippen molar-refractivity contribution >= 4 is 12.2 Å². The molecule has 0 bridgehead atoms. The molecule has 1 aliphatic carbocycles. The molecule has 130 valence electrons. The molecule has 1 saturated carbocycles. The SMILES string of the molecule is CCN(CC1CC1)Cn1nc(-c2cc(OC)cc(OC)c2)oc1=S. The van der Waals surface area contributed by atoms with Gasteiger partial charge in [0, 0.05) is 18.2 Å². The Kier molecular flexibility index (Phi) is 5.20. The molecular weight excluding hydrogens is 326 g/mol. The summed E-state index contributed by atoms with van der Waals surface area (Å²) >= 11 is 5.34. The van der Waals surface area contributed by atoms with Crippen LogP contribution in [0.15, 0.2) is 22.6 Å². The number of nitrogens with zero attached hydrogens (tertiary/aromatic N) is 3. The third kappa shape index (κ3) is 3.96. The lowest BCUT2D eigenvalue weighted by Crippen LogP contribution is -2.28. The molecular formula is C17H23N3O3S. The zero-order valence-electron chi connectivity index (χ0n) is 14.3. The Morgan fingerprint density at radius 3 is 2.46 bits per heavy atom. The van der Waals surface area contributed by atoms with Crippen LogP contribution in [0.3, 0.4) is 0 Å². The minimum Gasteiger partial charge on any atom is -0.497 e. The summed E-state index contributed by atoms with van der Waals surface area (Å²) < 4.78 is 18.0. The molecule has 3 rings (SSSR count). The number of ether oxygens (including phenoxy) is 2. The summed E-state index contributed by atoms with van der Waals surface area (Å²) in [5.74, 6) is 2.67. The molecule has 0 atom stereocenters. The first kappa shape index (κ1) is 17.0. The van der Waals surface area contributed by atoms with E-state index in [2.05, 4.69) is 16.9 Å². The maximum absolute atomic E-state index is 5.69. The molecule has 6 nitrogen and oxygen atoms in total. The average Bonchev–Trinajstić information content (AvgIpc) is 3.35. The zero-order valence-corrected chi connectivity index (χ0v) is 15.1. The zero-order chi connectivity index (χ0) is 17.1. The summed E-state index contributed by atoms with van der Waals surface area (Å²) in [4.78, 5) is 2.72. The topological polar surface area (TPSA) is 52.7 Å². The summed E-state index contributed by atoms with van der Waals surface area (Å²) in [5, 5.41) is 4.54. The van der Waals surface area contributed by atoms with Crippen LogP contribution in [-0.4, -0.2) is 42.0 Å². The molecule has 0 unspecified atom stereocenters. The monoisotopic (exact) mass is 349 g/mol. The summed E-state index contributed by atoms with van der Waals surface area (Å²) in [6.45, 7) is 4.86. The molecule has 24 heavy (non-hydrogen) atoms. The fourth-order valence-corrected chi connectivity index (χ4v) is 2.76. The van der Waals surface area contributed by atoms with Crippen molar-refractivity contribution in [2.45, 2.75) is 26.4 Å². The number of benzene rings is 1. The summed E-state index contributed by atoms with van der Waals surface area (Å²) in [7, 11) is 3.23. The Morgan fingerprint density at radius 1 is 1.25 bits per heavy atom. The minimum absolute atomic E-state index is 0.376. The summed E-state index contributed by atoms with van der Waals surface area (Å²) in [6, 6.07) is 5.52. The molecule has 1 aromatic carbocycles. The third-order valence-corrected chi connectivity index (χ3v) is 4.49. The molecule has 0 N–H and O–H groups in total. The van der Waals surface area contributed by atoms with Gasteiger partial charge in [-0.1, -0.05) is 6.92 Å². The molecule has 1 aliphatic rings. The predicted molar refractivity (Wildman–Crippen MR) is 93.8 cm³/mol. The Morgan fingerprint density at radius 2 is 1.92 bits per heavy atom. The molecule has 7 heteroatoms. The van der Waals surface area contributed by atoms with Crippen LogP contribution >= 0.6 is 12.2 Å². The van der Waals surface area contributed by atoms with Crippen molar-refractivity contribution in [3.63, 3.8) is 0 Å². The van der Waals surface area contributed by atoms with Crippen molar-refractivity contribution in [3.8, 4) is 23.0 Å². The molecule has 0 saturated heterocycles. The van der Waals surface area contributed by atoms with Crippen molar-refractivity contribution in [3.05, 3.63) is 23.0 Å². The second-order valence-corrected chi connectivity index (χ2v) is 6.38. The van der Waals surface area contributed by atoms with Crippen LogP contribution in [0.1, 0.15) is 19.8 Å². The van der Waals surface area contributed by atoms with Crippen LogP contribution in [0, 0.1) is 10.8 Å². The van der Waals surface area contributed by atoms with E-state index in [1.165, 1.54) is 12.8 Å². The fraction of sp³-hybridized carbons (Fsp3) is 0.529. The van der Waals surface area contributed by atoms with E-state index in [0.29, 0.717) is 28.9 Å². The molecule has 1 aromatic heterocycles. The molecule has 1 heterocycles. The maximum atomic E-state index is 5.69. The highest BCUT2D eigenvalue weighted by Crippen LogP contribution is 2.30. The molecule has 2 aromatic rings. The Hall–Kier alpha value is -1.86. The first-order valence-corrected chi connectivity index (χ1v) is 8.57. The number of rotatable bonds is 8. The van der Waals surface area contributed by atoms with Crippen LogP contribution in [0.2, 0.25) is 0 Å². The number of hydrogen-bond acceptors (Lipinski definition) is 6. The van der Waals surface area contributed by atoms with E-state index in [4.69, 9.17) is 26.1 Å². The van der Waals surface area contributed by atoms with Gasteiger partial charge in [0.05, 0.1) is 20.9 Å². The Labute approximate surface area is 147 Å². The van der Waals surface area contributed by atoms with Crippen molar-refractivity contribution in [2.75, 3.05) is 27.3 Å². The number of aromatic nitrogens is 2. The molecule has 0 aliphatic heterocycles. The largest absolute Gasteiger partial charge is 0.497 e. The van der Waals surface area contributed by atoms with Crippen LogP contribution in [-0.2, 0) is 6.67 Å². The molecule has 1 fully saturated rings. The lowest BCUT2D eigenvalue weighted by Gasteiger charge is -2.19. The third-order valence-electron chi connectivity index (χ3n) is 4.20. The van der Waals surface area contributed by atoms with Crippen LogP contribution in [0.5, 0.6) is 11.5 Å². The lowest BCUT2D eigenvalue weighted by molar-refractivity contribution is 0.205. The van der Waals surface area contributed by atoms with E-state index in [1.54, 1.807) is 18.9 Å². The standard InChI is InChI=1S/C17H23N3O3S/c1-4-19(10-12-5-6-12)11-20-17(24)23-16(18-20)13-7-14(21-2)9-15(8-13)22-3/h7-9,12H,4-6,10-11H2,1-3H3. The van der Waals surface area contributed by atoms with Gasteiger partial charge < -0.3 is 13.9 Å². The van der Waals surface area contributed by atoms with Crippen LogP contribution in [0.25, 0.3) is 11.5 Å². The van der Waals surface area contributed by atoms with Crippen molar-refractivity contribution in [1.82, 2.24) is 14.7 Å². The van der Waals surface area contributed by atoms with E-state index in [-0.39, 0.29) is 0 Å². The van der Waals surface area contributed by atoms with Gasteiger partial charge >= 0.3 is 0 Å². The van der Waals surface area contributed by atoms with Gasteiger partial charge in [-0.25, -0.2) is 4.68 Å². The van der Waals surface area contributed by atoms with Gasteiger partial charge in [0.2, 0.25) is 5.89 Å². The Balaban J connectivity index is 1.83. The van der Waals surface area contributed by atoms with Crippen molar-refractivity contribution in [1.29, 1.82) is 0 Å². The van der Waals surface area contributed by atoms with E-state index in [9.17, 15) is 0 Å². The fourth-order valence-electron chi connectivity index (χ4n) is 2.59. The van der Waals surface area contributed by atoms with Crippen LogP contribution in [0.4, 0.5) is 0 Å². The van der Waals surface area contributed by atoms with Gasteiger partial charge in [0.15, 0.2) is 0 Å². The molecule has 0 amide bonds. The summed E-state index contributed by atoms with van der Waals surface area (Å²) in [6.07, 6.45) is 2.66. The Bertz CT molecular complexity index is 730. The molecule has 0 radical (unpaired) electrons. The quantitative estimate of drug-likeness (QED) is 0.679. The lowest BCUT2D eigenvalue weighted by atomic mass is 10.2. The van der Waals surface area contributed by atoms with Gasteiger partial charge in [0.25, 0.3) is 4.84 Å². The van der Waals surface area contributed by atoms with Crippen LogP contribution < -0.4 is 9.47 Å². The minimum atomic E-state index is 0.376. The van der Waals surface area contributed by atoms with E-state index >= 15 is 0 Å². The van der Waals surface area contributed by atoms with Gasteiger partial charge in [-0.15, -0.1) is 5.10 Å². The maximum Gasteiger partial charge on any atom is 0.288 e. The number of methoxy groups -OCH3 is 2. The van der Waals surface area contributed by atoms with Gasteiger partial charge in [0.1, 0.15) is 11.5 Å². The first-order chi connectivity index (χ1) is 11.6. The average molecular weight is 349 g/mol. The van der Waals surface area contributed by atoms with E-state index in [0.717, 1.165) is 24.6 Å². The smallest absolute Gasteiger partial charge is 0.288 e. The predicted octanol–water partition coefficient (Wildman–Crippen LogP) is 3.58. The van der Waals surface area contributed by atoms with Gasteiger partial charge in [-0.2, -0.15) is 0 Å². The van der Waals surface area contributed by atoms with E-state index < -0.39 is 0 Å². The van der Waals surface area contributed by atoms with E-state index in [1.807, 2.05) is 18.2 Å². The second-order valence-electron chi connectivity index (χ2n) is 6.03. The van der Waals surface area contributed by atoms with Crippen molar-refractivity contribution < 1.29 is 13.9 Å². The number of hydrogen-bond donors (Lipinski definition) is 0.